The highest BCUT2D eigenvalue weighted by Gasteiger charge is 2.56. The highest BCUT2D eigenvalue weighted by molar-refractivity contribution is 7.10. The summed E-state index contributed by atoms with van der Waals surface area (Å²) in [5.41, 5.74) is -4.79. The van der Waals surface area contributed by atoms with Crippen LogP contribution in [0.15, 0.2) is 53.3 Å². The molecule has 3 heterocycles. The van der Waals surface area contributed by atoms with E-state index >= 15 is 0 Å². The number of piperidine rings is 1. The van der Waals surface area contributed by atoms with Gasteiger partial charge in [-0.2, -0.15) is 26.3 Å². The molecule has 286 valence electrons. The minimum atomic E-state index is -4.90. The zero-order valence-corrected chi connectivity index (χ0v) is 30.3. The quantitative estimate of drug-likeness (QED) is 0.195. The summed E-state index contributed by atoms with van der Waals surface area (Å²) in [7, 11) is 1.48. The molecule has 5 rings (SSSR count). The molecular formula is C37H45F6N3O5S. The van der Waals surface area contributed by atoms with Crippen molar-refractivity contribution in [3.63, 3.8) is 0 Å². The summed E-state index contributed by atoms with van der Waals surface area (Å²) in [6.07, 6.45) is -0.190. The van der Waals surface area contributed by atoms with Crippen LogP contribution in [-0.2, 0) is 21.9 Å². The number of rotatable bonds is 14. The largest absolute Gasteiger partial charge is 0.497 e. The van der Waals surface area contributed by atoms with E-state index in [-0.39, 0.29) is 44.5 Å². The number of carbonyl (C=O) groups is 2. The van der Waals surface area contributed by atoms with Gasteiger partial charge in [-0.25, -0.2) is 0 Å². The number of allylic oxidation sites excluding steroid dienone is 2. The van der Waals surface area contributed by atoms with Crippen LogP contribution in [0.25, 0.3) is 0 Å². The Morgan fingerprint density at radius 1 is 1.15 bits per heavy atom. The van der Waals surface area contributed by atoms with Crippen LogP contribution >= 0.6 is 11.3 Å². The Hall–Kier alpha value is -3.59. The molecule has 0 aromatic carbocycles. The number of amides is 2. The Kier molecular flexibility index (Phi) is 12.0. The number of thiophene rings is 1. The molecule has 2 aromatic rings. The number of likely N-dealkylation sites (N-methyl/N-ethyl adjacent to an activating group) is 1. The highest BCUT2D eigenvalue weighted by atomic mass is 32.1. The van der Waals surface area contributed by atoms with E-state index in [1.54, 1.807) is 6.92 Å². The van der Waals surface area contributed by atoms with E-state index in [2.05, 4.69) is 4.98 Å². The molecule has 8 nitrogen and oxygen atoms in total. The lowest BCUT2D eigenvalue weighted by Crippen LogP contribution is -2.68. The lowest BCUT2D eigenvalue weighted by atomic mass is 9.79. The van der Waals surface area contributed by atoms with Gasteiger partial charge in [0.1, 0.15) is 22.1 Å². The number of hydrogen-bond donors (Lipinski definition) is 1. The summed E-state index contributed by atoms with van der Waals surface area (Å²) in [5, 5.41) is 13.1. The van der Waals surface area contributed by atoms with Crippen molar-refractivity contribution in [1.82, 2.24) is 14.8 Å². The maximum Gasteiger partial charge on any atom is 0.425 e. The molecule has 52 heavy (non-hydrogen) atoms. The maximum absolute atomic E-state index is 14.8. The number of hydrogen-bond acceptors (Lipinski definition) is 7. The second-order valence-corrected chi connectivity index (χ2v) is 14.7. The van der Waals surface area contributed by atoms with Crippen molar-refractivity contribution < 1.29 is 50.5 Å². The molecule has 15 heteroatoms. The first-order valence-corrected chi connectivity index (χ1v) is 18.6. The number of pyridine rings is 1. The zero-order valence-electron chi connectivity index (χ0n) is 29.5. The van der Waals surface area contributed by atoms with Crippen molar-refractivity contribution in [3.05, 3.63) is 69.4 Å². The predicted molar refractivity (Wildman–Crippen MR) is 182 cm³/mol. The average molecular weight is 758 g/mol. The first kappa shape index (κ1) is 39.6. The number of halogens is 6. The first-order chi connectivity index (χ1) is 24.5. The van der Waals surface area contributed by atoms with Gasteiger partial charge in [0.2, 0.25) is 5.60 Å². The lowest BCUT2D eigenvalue weighted by Gasteiger charge is -2.49. The fraction of sp³-hybridized carbons (Fsp3) is 0.595. The van der Waals surface area contributed by atoms with Crippen LogP contribution in [0, 0.1) is 5.92 Å². The number of ether oxygens (including phenoxy) is 2. The van der Waals surface area contributed by atoms with Crippen LogP contribution in [0.2, 0.25) is 0 Å². The molecule has 1 saturated heterocycles. The number of aliphatic hydroxyl groups is 1. The Bertz CT molecular complexity index is 1650. The molecule has 0 bridgehead atoms. The fourth-order valence-corrected chi connectivity index (χ4v) is 7.74. The molecule has 1 saturated carbocycles. The van der Waals surface area contributed by atoms with Gasteiger partial charge in [0.25, 0.3) is 11.8 Å². The van der Waals surface area contributed by atoms with Gasteiger partial charge in [0.05, 0.1) is 23.8 Å². The Balaban J connectivity index is 1.50. The number of nitrogens with zero attached hydrogens (tertiary/aromatic N) is 3. The van der Waals surface area contributed by atoms with Crippen LogP contribution in [-0.4, -0.2) is 75.7 Å². The number of aromatic nitrogens is 1. The minimum absolute atomic E-state index is 0.00970. The highest BCUT2D eigenvalue weighted by Crippen LogP contribution is 2.43. The molecule has 3 atom stereocenters. The molecular weight excluding hydrogens is 712 g/mol. The average Bonchev–Trinajstić information content (AvgIpc) is 3.83. The second-order valence-electron chi connectivity index (χ2n) is 13.8. The van der Waals surface area contributed by atoms with E-state index in [0.29, 0.717) is 54.5 Å². The molecule has 2 amide bonds. The van der Waals surface area contributed by atoms with Crippen molar-refractivity contribution in [2.24, 2.45) is 5.92 Å². The fourth-order valence-electron chi connectivity index (χ4n) is 7.07. The molecule has 1 aliphatic heterocycles. The van der Waals surface area contributed by atoms with Gasteiger partial charge in [0, 0.05) is 56.2 Å². The molecule has 1 N–H and O–H groups in total. The third kappa shape index (κ3) is 8.61. The number of likely N-dealkylation sites (tertiary alicyclic amines) is 1. The molecule has 2 aromatic heterocycles. The number of carbonyl (C=O) groups excluding carboxylic acids is 2. The molecule has 2 aliphatic carbocycles. The van der Waals surface area contributed by atoms with Crippen molar-refractivity contribution in [2.75, 3.05) is 26.7 Å². The standard InChI is InChI=1S/C37H45F6N3O5S/c1-4-10-29-35(51-25-21-30(52-23-25)37(41,42)43,16-9-19-46(29)32(47)31-27(36(38,39)40)12-8-18-44-31)33(48)45(3)20-17-34(49,5-2)26-11-6-7-13-28(26)50-22-24-14-15-24/h6,8,11-12,18,21,23-24,29,49H,4-5,7,9-10,13-17,19-20,22H2,1-3H3/t29-,34?,35+/m1/s1. The normalized spacial score (nSPS) is 22.3. The van der Waals surface area contributed by atoms with Gasteiger partial charge in [0.15, 0.2) is 0 Å². The number of alkyl halides is 6. The van der Waals surface area contributed by atoms with E-state index in [0.717, 1.165) is 53.9 Å². The topological polar surface area (TPSA) is 92.2 Å². The van der Waals surface area contributed by atoms with Crippen LogP contribution in [0.3, 0.4) is 0 Å². The van der Waals surface area contributed by atoms with Crippen molar-refractivity contribution in [2.45, 2.75) is 108 Å². The first-order valence-electron chi connectivity index (χ1n) is 17.7. The van der Waals surface area contributed by atoms with Crippen molar-refractivity contribution in [3.8, 4) is 5.75 Å². The summed E-state index contributed by atoms with van der Waals surface area (Å²) in [5.74, 6) is -0.769. The van der Waals surface area contributed by atoms with Gasteiger partial charge in [-0.05, 0) is 63.0 Å². The molecule has 1 unspecified atom stereocenters. The van der Waals surface area contributed by atoms with Gasteiger partial charge in [-0.15, -0.1) is 11.3 Å². The molecule has 0 radical (unpaired) electrons. The molecule has 3 aliphatic rings. The predicted octanol–water partition coefficient (Wildman–Crippen LogP) is 8.42. The van der Waals surface area contributed by atoms with Gasteiger partial charge < -0.3 is 24.4 Å². The van der Waals surface area contributed by atoms with Gasteiger partial charge in [-0.3, -0.25) is 14.6 Å². The van der Waals surface area contributed by atoms with Gasteiger partial charge >= 0.3 is 12.4 Å². The Morgan fingerprint density at radius 2 is 1.90 bits per heavy atom. The zero-order chi connectivity index (χ0) is 37.9. The van der Waals surface area contributed by atoms with E-state index in [1.807, 2.05) is 19.1 Å². The van der Waals surface area contributed by atoms with Gasteiger partial charge in [-0.1, -0.05) is 32.4 Å². The summed E-state index contributed by atoms with van der Waals surface area (Å²) in [4.78, 5) is 34.1. The van der Waals surface area contributed by atoms with E-state index in [4.69, 9.17) is 9.47 Å². The SMILES string of the molecule is CCC[C@H]1N(C(=O)c2ncccc2C(F)(F)F)CCC[C@@]1(Oc1csc(C(F)(F)F)c1)C(=O)N(C)CCC(O)(CC)C1=C(OCC2CC2)CCC=C1. The van der Waals surface area contributed by atoms with E-state index < -0.39 is 57.5 Å². The van der Waals surface area contributed by atoms with Crippen molar-refractivity contribution in [1.29, 1.82) is 0 Å². The van der Waals surface area contributed by atoms with E-state index in [9.17, 15) is 41.0 Å². The second kappa shape index (κ2) is 15.8. The van der Waals surface area contributed by atoms with Crippen molar-refractivity contribution >= 4 is 23.2 Å². The van der Waals surface area contributed by atoms with Crippen LogP contribution < -0.4 is 4.74 Å². The maximum atomic E-state index is 14.8. The lowest BCUT2D eigenvalue weighted by molar-refractivity contribution is -0.158. The van der Waals surface area contributed by atoms with Crippen LogP contribution in [0.4, 0.5) is 26.3 Å². The minimum Gasteiger partial charge on any atom is -0.497 e. The molecule has 0 spiro atoms. The third-order valence-corrected chi connectivity index (χ3v) is 11.1. The summed E-state index contributed by atoms with van der Waals surface area (Å²) in [6, 6.07) is 1.44. The summed E-state index contributed by atoms with van der Waals surface area (Å²) in [6.45, 7) is 4.12. The summed E-state index contributed by atoms with van der Waals surface area (Å²) >= 11 is 0.382. The summed E-state index contributed by atoms with van der Waals surface area (Å²) < 4.78 is 95.5. The smallest absolute Gasteiger partial charge is 0.425 e. The Labute approximate surface area is 303 Å². The monoisotopic (exact) mass is 757 g/mol. The Morgan fingerprint density at radius 3 is 2.54 bits per heavy atom. The van der Waals surface area contributed by atoms with E-state index in [1.165, 1.54) is 11.9 Å². The van der Waals surface area contributed by atoms with Crippen LogP contribution in [0.5, 0.6) is 5.75 Å². The third-order valence-electron chi connectivity index (χ3n) is 10.1. The van der Waals surface area contributed by atoms with Crippen LogP contribution in [0.1, 0.15) is 99.0 Å². The molecule has 2 fully saturated rings.